The number of rotatable bonds is 2. The molecular formula is C9H18O3S. The van der Waals surface area contributed by atoms with Crippen molar-refractivity contribution in [3.8, 4) is 0 Å². The highest BCUT2D eigenvalue weighted by Gasteiger charge is 2.33. The molecule has 78 valence electrons. The third kappa shape index (κ3) is 2.68. The standard InChI is InChI=1S/C9H18O3S/c1-9(2,3)13(10,11)12-8-6-4-5-7-8/h8H,4-7H2,1-3H3. The van der Waals surface area contributed by atoms with Gasteiger partial charge in [0.1, 0.15) is 0 Å². The average molecular weight is 206 g/mol. The molecule has 0 heterocycles. The Balaban J connectivity index is 2.62. The molecule has 0 aromatic carbocycles. The van der Waals surface area contributed by atoms with Gasteiger partial charge in [-0.05, 0) is 33.6 Å². The third-order valence-corrected chi connectivity index (χ3v) is 4.34. The van der Waals surface area contributed by atoms with Crippen molar-refractivity contribution in [3.05, 3.63) is 0 Å². The lowest BCUT2D eigenvalue weighted by Gasteiger charge is -2.21. The summed E-state index contributed by atoms with van der Waals surface area (Å²) < 4.78 is 27.5. The molecule has 0 aromatic rings. The van der Waals surface area contributed by atoms with Crippen LogP contribution < -0.4 is 0 Å². The number of hydrogen-bond acceptors (Lipinski definition) is 3. The maximum absolute atomic E-state index is 11.6. The minimum Gasteiger partial charge on any atom is -0.266 e. The molecule has 0 bridgehead atoms. The van der Waals surface area contributed by atoms with Gasteiger partial charge in [0.2, 0.25) is 0 Å². The average Bonchev–Trinajstić information content (AvgIpc) is 2.35. The van der Waals surface area contributed by atoms with Crippen molar-refractivity contribution in [3.63, 3.8) is 0 Å². The Morgan fingerprint density at radius 1 is 1.15 bits per heavy atom. The summed E-state index contributed by atoms with van der Waals surface area (Å²) in [5.74, 6) is 0. The van der Waals surface area contributed by atoms with Crippen LogP contribution >= 0.6 is 0 Å². The highest BCUT2D eigenvalue weighted by Crippen LogP contribution is 2.26. The van der Waals surface area contributed by atoms with Gasteiger partial charge in [0, 0.05) is 0 Å². The second kappa shape index (κ2) is 3.58. The van der Waals surface area contributed by atoms with Gasteiger partial charge in [-0.2, -0.15) is 8.42 Å². The van der Waals surface area contributed by atoms with Crippen LogP contribution in [-0.2, 0) is 14.3 Å². The number of hydrogen-bond donors (Lipinski definition) is 0. The van der Waals surface area contributed by atoms with E-state index in [-0.39, 0.29) is 6.10 Å². The molecule has 0 radical (unpaired) electrons. The Hall–Kier alpha value is -0.0900. The summed E-state index contributed by atoms with van der Waals surface area (Å²) in [6, 6.07) is 0. The Bertz CT molecular complexity index is 255. The Labute approximate surface area is 80.6 Å². The van der Waals surface area contributed by atoms with Crippen LogP contribution in [0, 0.1) is 0 Å². The van der Waals surface area contributed by atoms with Crippen LogP contribution in [0.3, 0.4) is 0 Å². The maximum Gasteiger partial charge on any atom is 0.272 e. The minimum atomic E-state index is -3.38. The summed E-state index contributed by atoms with van der Waals surface area (Å²) in [4.78, 5) is 0. The van der Waals surface area contributed by atoms with Crippen LogP contribution in [-0.4, -0.2) is 19.3 Å². The van der Waals surface area contributed by atoms with Gasteiger partial charge in [0.05, 0.1) is 10.9 Å². The van der Waals surface area contributed by atoms with E-state index in [0.29, 0.717) is 0 Å². The smallest absolute Gasteiger partial charge is 0.266 e. The summed E-state index contributed by atoms with van der Waals surface area (Å²) >= 11 is 0. The molecule has 3 nitrogen and oxygen atoms in total. The summed E-state index contributed by atoms with van der Waals surface area (Å²) in [7, 11) is -3.38. The SMILES string of the molecule is CC(C)(C)S(=O)(=O)OC1CCCC1. The van der Waals surface area contributed by atoms with E-state index in [1.54, 1.807) is 20.8 Å². The van der Waals surface area contributed by atoms with E-state index in [0.717, 1.165) is 25.7 Å². The van der Waals surface area contributed by atoms with E-state index >= 15 is 0 Å². The summed E-state index contributed by atoms with van der Waals surface area (Å²) in [5.41, 5.74) is 0. The van der Waals surface area contributed by atoms with E-state index in [1.807, 2.05) is 0 Å². The predicted molar refractivity (Wildman–Crippen MR) is 52.0 cm³/mol. The second-order valence-electron chi connectivity index (χ2n) is 4.57. The zero-order valence-electron chi connectivity index (χ0n) is 8.54. The molecular weight excluding hydrogens is 188 g/mol. The lowest BCUT2D eigenvalue weighted by atomic mass is 10.3. The molecule has 1 aliphatic rings. The van der Waals surface area contributed by atoms with E-state index in [4.69, 9.17) is 4.18 Å². The van der Waals surface area contributed by atoms with Crippen LogP contribution in [0.2, 0.25) is 0 Å². The second-order valence-corrected chi connectivity index (χ2v) is 6.89. The van der Waals surface area contributed by atoms with Crippen LogP contribution in [0.1, 0.15) is 46.5 Å². The highest BCUT2D eigenvalue weighted by atomic mass is 32.2. The van der Waals surface area contributed by atoms with Crippen molar-refractivity contribution in [2.45, 2.75) is 57.3 Å². The first kappa shape index (κ1) is 11.0. The quantitative estimate of drug-likeness (QED) is 0.650. The predicted octanol–water partition coefficient (Wildman–Crippen LogP) is 2.07. The molecule has 1 aliphatic carbocycles. The summed E-state index contributed by atoms with van der Waals surface area (Å²) in [6.07, 6.45) is 3.88. The van der Waals surface area contributed by atoms with Gasteiger partial charge in [-0.1, -0.05) is 12.8 Å². The molecule has 0 spiro atoms. The molecule has 0 unspecified atom stereocenters. The molecule has 1 saturated carbocycles. The normalized spacial score (nSPS) is 20.8. The van der Waals surface area contributed by atoms with Gasteiger partial charge in [-0.25, -0.2) is 0 Å². The molecule has 0 saturated heterocycles. The Kier molecular flexibility index (Phi) is 3.02. The van der Waals surface area contributed by atoms with Crippen LogP contribution in [0.25, 0.3) is 0 Å². The first-order chi connectivity index (χ1) is 5.83. The molecule has 0 aliphatic heterocycles. The fourth-order valence-corrected chi connectivity index (χ4v) is 2.15. The van der Waals surface area contributed by atoms with Crippen molar-refractivity contribution in [1.29, 1.82) is 0 Å². The van der Waals surface area contributed by atoms with E-state index in [9.17, 15) is 8.42 Å². The van der Waals surface area contributed by atoms with Crippen molar-refractivity contribution < 1.29 is 12.6 Å². The van der Waals surface area contributed by atoms with Gasteiger partial charge in [0.15, 0.2) is 0 Å². The lowest BCUT2D eigenvalue weighted by Crippen LogP contribution is -2.32. The molecule has 0 atom stereocenters. The highest BCUT2D eigenvalue weighted by molar-refractivity contribution is 7.88. The molecule has 1 fully saturated rings. The molecule has 0 amide bonds. The van der Waals surface area contributed by atoms with Crippen molar-refractivity contribution in [1.82, 2.24) is 0 Å². The van der Waals surface area contributed by atoms with E-state index in [1.165, 1.54) is 0 Å². The first-order valence-electron chi connectivity index (χ1n) is 4.76. The largest absolute Gasteiger partial charge is 0.272 e. The van der Waals surface area contributed by atoms with E-state index in [2.05, 4.69) is 0 Å². The van der Waals surface area contributed by atoms with Crippen LogP contribution in [0.4, 0.5) is 0 Å². The van der Waals surface area contributed by atoms with Gasteiger partial charge in [0.25, 0.3) is 10.1 Å². The molecule has 0 N–H and O–H groups in total. The first-order valence-corrected chi connectivity index (χ1v) is 6.16. The third-order valence-electron chi connectivity index (χ3n) is 2.31. The zero-order chi connectivity index (χ0) is 10.1. The van der Waals surface area contributed by atoms with Gasteiger partial charge >= 0.3 is 0 Å². The van der Waals surface area contributed by atoms with Crippen molar-refractivity contribution in [2.75, 3.05) is 0 Å². The van der Waals surface area contributed by atoms with Gasteiger partial charge in [-0.3, -0.25) is 4.18 Å². The zero-order valence-corrected chi connectivity index (χ0v) is 9.36. The van der Waals surface area contributed by atoms with Gasteiger partial charge in [-0.15, -0.1) is 0 Å². The van der Waals surface area contributed by atoms with Crippen molar-refractivity contribution >= 4 is 10.1 Å². The molecule has 4 heteroatoms. The monoisotopic (exact) mass is 206 g/mol. The summed E-state index contributed by atoms with van der Waals surface area (Å²) in [5, 5.41) is 0. The van der Waals surface area contributed by atoms with Crippen molar-refractivity contribution in [2.24, 2.45) is 0 Å². The topological polar surface area (TPSA) is 43.4 Å². The van der Waals surface area contributed by atoms with Gasteiger partial charge < -0.3 is 0 Å². The molecule has 1 rings (SSSR count). The van der Waals surface area contributed by atoms with Crippen LogP contribution in [0.5, 0.6) is 0 Å². The van der Waals surface area contributed by atoms with E-state index < -0.39 is 14.9 Å². The Morgan fingerprint density at radius 2 is 1.62 bits per heavy atom. The summed E-state index contributed by atoms with van der Waals surface area (Å²) in [6.45, 7) is 4.99. The Morgan fingerprint density at radius 3 is 2.00 bits per heavy atom. The maximum atomic E-state index is 11.6. The van der Waals surface area contributed by atoms with Crippen LogP contribution in [0.15, 0.2) is 0 Å². The molecule has 0 aromatic heterocycles. The minimum absolute atomic E-state index is 0.0655. The fraction of sp³-hybridized carbons (Fsp3) is 1.00. The molecule has 13 heavy (non-hydrogen) atoms. The fourth-order valence-electron chi connectivity index (χ4n) is 1.31. The lowest BCUT2D eigenvalue weighted by molar-refractivity contribution is 0.209.